The highest BCUT2D eigenvalue weighted by molar-refractivity contribution is 5.79. The van der Waals surface area contributed by atoms with Crippen LogP contribution >= 0.6 is 0 Å². The van der Waals surface area contributed by atoms with Crippen molar-refractivity contribution < 1.29 is 4.79 Å². The fourth-order valence-corrected chi connectivity index (χ4v) is 0.853. The van der Waals surface area contributed by atoms with Gasteiger partial charge in [0.15, 0.2) is 0 Å². The molecular formula is C9H17NO. The molecule has 11 heavy (non-hydrogen) atoms. The molecule has 0 atom stereocenters. The molecule has 0 heterocycles. The van der Waals surface area contributed by atoms with E-state index < -0.39 is 0 Å². The number of carbonyl (C=O) groups is 1. The Labute approximate surface area is 68.9 Å². The standard InChI is InChI=1S/C9H17NO/c1-6-10(8(4)5)9(11)7(2)3/h6-8H,1H2,2-5H3. The molecule has 0 fully saturated rings. The molecule has 0 radical (unpaired) electrons. The summed E-state index contributed by atoms with van der Waals surface area (Å²) >= 11 is 0. The van der Waals surface area contributed by atoms with Gasteiger partial charge in [-0.25, -0.2) is 0 Å². The normalized spacial score (nSPS) is 10.4. The molecule has 0 aliphatic heterocycles. The molecule has 0 saturated heterocycles. The lowest BCUT2D eigenvalue weighted by atomic mass is 10.1. The van der Waals surface area contributed by atoms with Crippen LogP contribution in [0, 0.1) is 5.92 Å². The van der Waals surface area contributed by atoms with Crippen LogP contribution in [-0.4, -0.2) is 16.8 Å². The minimum atomic E-state index is 0.0513. The van der Waals surface area contributed by atoms with Crippen molar-refractivity contribution in [2.75, 3.05) is 0 Å². The lowest BCUT2D eigenvalue weighted by Crippen LogP contribution is -2.34. The van der Waals surface area contributed by atoms with E-state index in [9.17, 15) is 4.79 Å². The minimum Gasteiger partial charge on any atom is -0.317 e. The molecule has 0 aliphatic carbocycles. The monoisotopic (exact) mass is 155 g/mol. The quantitative estimate of drug-likeness (QED) is 0.610. The van der Waals surface area contributed by atoms with E-state index in [4.69, 9.17) is 0 Å². The summed E-state index contributed by atoms with van der Waals surface area (Å²) in [4.78, 5) is 13.0. The van der Waals surface area contributed by atoms with Gasteiger partial charge in [-0.15, -0.1) is 0 Å². The van der Waals surface area contributed by atoms with E-state index in [1.165, 1.54) is 0 Å². The van der Waals surface area contributed by atoms with Crippen LogP contribution in [0.4, 0.5) is 0 Å². The smallest absolute Gasteiger partial charge is 0.229 e. The maximum absolute atomic E-state index is 11.4. The molecule has 0 bridgehead atoms. The fourth-order valence-electron chi connectivity index (χ4n) is 0.853. The lowest BCUT2D eigenvalue weighted by molar-refractivity contribution is -0.133. The molecule has 0 aliphatic rings. The van der Waals surface area contributed by atoms with Crippen molar-refractivity contribution in [2.45, 2.75) is 33.7 Å². The van der Waals surface area contributed by atoms with Crippen LogP contribution in [0.1, 0.15) is 27.7 Å². The van der Waals surface area contributed by atoms with Gasteiger partial charge in [0.1, 0.15) is 0 Å². The Kier molecular flexibility index (Phi) is 3.86. The zero-order valence-corrected chi connectivity index (χ0v) is 7.79. The van der Waals surface area contributed by atoms with Gasteiger partial charge in [0.25, 0.3) is 0 Å². The van der Waals surface area contributed by atoms with Crippen molar-refractivity contribution in [3.63, 3.8) is 0 Å². The summed E-state index contributed by atoms with van der Waals surface area (Å²) in [5.74, 6) is 0.186. The molecule has 0 aromatic rings. The average Bonchev–Trinajstić information content (AvgIpc) is 1.88. The first-order valence-corrected chi connectivity index (χ1v) is 3.95. The number of nitrogens with zero attached hydrogens (tertiary/aromatic N) is 1. The summed E-state index contributed by atoms with van der Waals surface area (Å²) in [5.41, 5.74) is 0. The number of carbonyl (C=O) groups excluding carboxylic acids is 1. The van der Waals surface area contributed by atoms with E-state index in [0.29, 0.717) is 0 Å². The van der Waals surface area contributed by atoms with E-state index in [1.54, 1.807) is 11.1 Å². The van der Waals surface area contributed by atoms with E-state index in [2.05, 4.69) is 6.58 Å². The van der Waals surface area contributed by atoms with Gasteiger partial charge in [0.05, 0.1) is 0 Å². The summed E-state index contributed by atoms with van der Waals surface area (Å²) in [6.07, 6.45) is 1.59. The first-order chi connectivity index (χ1) is 5.00. The molecule has 2 heteroatoms. The third-order valence-electron chi connectivity index (χ3n) is 1.50. The molecule has 0 N–H and O–H groups in total. The summed E-state index contributed by atoms with van der Waals surface area (Å²) in [6, 6.07) is 0.211. The SMILES string of the molecule is C=CN(C(=O)C(C)C)C(C)C. The van der Waals surface area contributed by atoms with Gasteiger partial charge < -0.3 is 4.90 Å². The van der Waals surface area contributed by atoms with Crippen molar-refractivity contribution in [3.8, 4) is 0 Å². The molecule has 2 nitrogen and oxygen atoms in total. The Morgan fingerprint density at radius 1 is 1.36 bits per heavy atom. The van der Waals surface area contributed by atoms with E-state index in [-0.39, 0.29) is 17.9 Å². The van der Waals surface area contributed by atoms with Crippen LogP contribution in [-0.2, 0) is 4.79 Å². The highest BCUT2D eigenvalue weighted by atomic mass is 16.2. The van der Waals surface area contributed by atoms with Gasteiger partial charge in [-0.1, -0.05) is 20.4 Å². The molecule has 0 saturated carbocycles. The minimum absolute atomic E-state index is 0.0513. The van der Waals surface area contributed by atoms with Gasteiger partial charge >= 0.3 is 0 Å². The summed E-state index contributed by atoms with van der Waals surface area (Å²) in [5, 5.41) is 0. The molecule has 64 valence electrons. The third-order valence-corrected chi connectivity index (χ3v) is 1.50. The van der Waals surface area contributed by atoms with Gasteiger partial charge in [-0.2, -0.15) is 0 Å². The Morgan fingerprint density at radius 2 is 1.82 bits per heavy atom. The van der Waals surface area contributed by atoms with Crippen LogP contribution in [0.3, 0.4) is 0 Å². The summed E-state index contributed by atoms with van der Waals surface area (Å²) < 4.78 is 0. The molecule has 1 amide bonds. The molecule has 0 unspecified atom stereocenters. The van der Waals surface area contributed by atoms with Gasteiger partial charge in [0.2, 0.25) is 5.91 Å². The Balaban J connectivity index is 4.26. The Bertz CT molecular complexity index is 150. The van der Waals surface area contributed by atoms with Crippen LogP contribution in [0.5, 0.6) is 0 Å². The average molecular weight is 155 g/mol. The molecule has 0 spiro atoms. The van der Waals surface area contributed by atoms with Crippen molar-refractivity contribution >= 4 is 5.91 Å². The zero-order chi connectivity index (χ0) is 9.02. The second-order valence-corrected chi connectivity index (χ2v) is 3.18. The van der Waals surface area contributed by atoms with Crippen molar-refractivity contribution in [1.29, 1.82) is 0 Å². The third kappa shape index (κ3) is 2.74. The van der Waals surface area contributed by atoms with Gasteiger partial charge in [0, 0.05) is 12.0 Å². The largest absolute Gasteiger partial charge is 0.317 e. The Morgan fingerprint density at radius 3 is 1.91 bits per heavy atom. The zero-order valence-electron chi connectivity index (χ0n) is 7.79. The Hall–Kier alpha value is -0.790. The summed E-state index contributed by atoms with van der Waals surface area (Å²) in [7, 11) is 0. The number of hydrogen-bond acceptors (Lipinski definition) is 1. The molecule has 0 aromatic heterocycles. The van der Waals surface area contributed by atoms with Crippen LogP contribution in [0.25, 0.3) is 0 Å². The predicted molar refractivity (Wildman–Crippen MR) is 47.0 cm³/mol. The van der Waals surface area contributed by atoms with Crippen LogP contribution in [0.2, 0.25) is 0 Å². The highest BCUT2D eigenvalue weighted by Gasteiger charge is 2.16. The second kappa shape index (κ2) is 4.16. The van der Waals surface area contributed by atoms with Crippen LogP contribution < -0.4 is 0 Å². The highest BCUT2D eigenvalue weighted by Crippen LogP contribution is 2.05. The van der Waals surface area contributed by atoms with Gasteiger partial charge in [-0.3, -0.25) is 4.79 Å². The number of hydrogen-bond donors (Lipinski definition) is 0. The fraction of sp³-hybridized carbons (Fsp3) is 0.667. The van der Waals surface area contributed by atoms with E-state index >= 15 is 0 Å². The van der Waals surface area contributed by atoms with E-state index in [0.717, 1.165) is 0 Å². The topological polar surface area (TPSA) is 20.3 Å². The first kappa shape index (κ1) is 10.2. The maximum Gasteiger partial charge on any atom is 0.229 e. The molecular weight excluding hydrogens is 138 g/mol. The first-order valence-electron chi connectivity index (χ1n) is 3.95. The van der Waals surface area contributed by atoms with Crippen molar-refractivity contribution in [3.05, 3.63) is 12.8 Å². The number of amides is 1. The molecule has 0 rings (SSSR count). The van der Waals surface area contributed by atoms with Gasteiger partial charge in [-0.05, 0) is 20.0 Å². The lowest BCUT2D eigenvalue weighted by Gasteiger charge is -2.23. The maximum atomic E-state index is 11.4. The van der Waals surface area contributed by atoms with Crippen LogP contribution in [0.15, 0.2) is 12.8 Å². The second-order valence-electron chi connectivity index (χ2n) is 3.18. The summed E-state index contributed by atoms with van der Waals surface area (Å²) in [6.45, 7) is 11.3. The number of rotatable bonds is 3. The van der Waals surface area contributed by atoms with E-state index in [1.807, 2.05) is 27.7 Å². The molecule has 0 aromatic carbocycles. The van der Waals surface area contributed by atoms with Crippen molar-refractivity contribution in [2.24, 2.45) is 5.92 Å². The van der Waals surface area contributed by atoms with Crippen molar-refractivity contribution in [1.82, 2.24) is 4.90 Å². The predicted octanol–water partition coefficient (Wildman–Crippen LogP) is 2.02.